The lowest BCUT2D eigenvalue weighted by Crippen LogP contribution is -2.49. The summed E-state index contributed by atoms with van der Waals surface area (Å²) in [4.78, 5) is 27.2. The summed E-state index contributed by atoms with van der Waals surface area (Å²) in [7, 11) is 0. The lowest BCUT2D eigenvalue weighted by molar-refractivity contribution is 0.0526. The van der Waals surface area contributed by atoms with Gasteiger partial charge in [-0.2, -0.15) is 0 Å². The first-order valence-corrected chi connectivity index (χ1v) is 12.0. The fraction of sp³-hybridized carbons (Fsp3) is 0.481. The molecule has 3 amide bonds. The third-order valence-electron chi connectivity index (χ3n) is 5.86. The smallest absolute Gasteiger partial charge is 0.407 e. The van der Waals surface area contributed by atoms with Crippen LogP contribution in [0.2, 0.25) is 0 Å². The van der Waals surface area contributed by atoms with Crippen LogP contribution in [0.5, 0.6) is 0 Å². The van der Waals surface area contributed by atoms with E-state index in [4.69, 9.17) is 4.74 Å². The molecule has 1 aliphatic heterocycles. The minimum Gasteiger partial charge on any atom is -0.444 e. The van der Waals surface area contributed by atoms with Crippen molar-refractivity contribution in [2.45, 2.75) is 71.1 Å². The van der Waals surface area contributed by atoms with E-state index in [1.54, 1.807) is 12.1 Å². The molecule has 3 rings (SSSR count). The van der Waals surface area contributed by atoms with Crippen LogP contribution in [0.3, 0.4) is 0 Å². The first-order valence-electron chi connectivity index (χ1n) is 12.0. The molecule has 0 spiro atoms. The summed E-state index contributed by atoms with van der Waals surface area (Å²) >= 11 is 0. The highest BCUT2D eigenvalue weighted by Gasteiger charge is 2.32. The van der Waals surface area contributed by atoms with E-state index in [9.17, 15) is 14.0 Å². The van der Waals surface area contributed by atoms with Gasteiger partial charge in [0, 0.05) is 19.1 Å². The molecule has 0 aliphatic carbocycles. The number of rotatable bonds is 7. The van der Waals surface area contributed by atoms with Crippen LogP contribution >= 0.6 is 0 Å². The molecule has 0 unspecified atom stereocenters. The van der Waals surface area contributed by atoms with Crippen LogP contribution in [0.15, 0.2) is 48.5 Å². The van der Waals surface area contributed by atoms with E-state index in [-0.39, 0.29) is 23.9 Å². The van der Waals surface area contributed by atoms with Gasteiger partial charge in [0.05, 0.1) is 6.04 Å². The van der Waals surface area contributed by atoms with Crippen LogP contribution in [0, 0.1) is 5.82 Å². The van der Waals surface area contributed by atoms with Crippen LogP contribution in [-0.4, -0.2) is 41.8 Å². The molecule has 1 aliphatic rings. The Kier molecular flexibility index (Phi) is 8.53. The normalized spacial score (nSPS) is 16.4. The predicted molar refractivity (Wildman–Crippen MR) is 131 cm³/mol. The fourth-order valence-electron chi connectivity index (χ4n) is 4.35. The van der Waals surface area contributed by atoms with Crippen LogP contribution < -0.4 is 10.6 Å². The van der Waals surface area contributed by atoms with Crippen molar-refractivity contribution in [2.75, 3.05) is 13.1 Å². The number of urea groups is 1. The van der Waals surface area contributed by atoms with Gasteiger partial charge in [0.25, 0.3) is 0 Å². The summed E-state index contributed by atoms with van der Waals surface area (Å²) in [6, 6.07) is 13.9. The van der Waals surface area contributed by atoms with Gasteiger partial charge in [-0.25, -0.2) is 14.0 Å². The van der Waals surface area contributed by atoms with Gasteiger partial charge in [-0.15, -0.1) is 0 Å². The number of carbonyl (C=O) groups excluding carboxylic acids is 2. The number of benzene rings is 2. The van der Waals surface area contributed by atoms with E-state index >= 15 is 0 Å². The molecule has 0 fully saturated rings. The number of alkyl carbamates (subject to hydrolysis) is 1. The third-order valence-corrected chi connectivity index (χ3v) is 5.86. The molecular formula is C27H36FN3O3. The van der Waals surface area contributed by atoms with Crippen molar-refractivity contribution in [3.63, 3.8) is 0 Å². The van der Waals surface area contributed by atoms with Crippen LogP contribution in [-0.2, 0) is 11.2 Å². The molecule has 34 heavy (non-hydrogen) atoms. The van der Waals surface area contributed by atoms with E-state index in [1.165, 1.54) is 17.7 Å². The largest absolute Gasteiger partial charge is 0.444 e. The SMILES string of the molecule is CCC[C@@H](CCNC(=O)OC(C)(C)C)NC(=O)N1CCc2ccccc2[C@@H]1c1ccc(F)cc1. The minimum absolute atomic E-state index is 0.0847. The van der Waals surface area contributed by atoms with Crippen molar-refractivity contribution in [3.8, 4) is 0 Å². The molecule has 0 aromatic heterocycles. The third kappa shape index (κ3) is 6.95. The first-order chi connectivity index (χ1) is 16.2. The Bertz CT molecular complexity index is 972. The molecular weight excluding hydrogens is 433 g/mol. The predicted octanol–water partition coefficient (Wildman–Crippen LogP) is 5.57. The summed E-state index contributed by atoms with van der Waals surface area (Å²) in [5, 5.41) is 5.94. The highest BCUT2D eigenvalue weighted by Crippen LogP contribution is 2.35. The van der Waals surface area contributed by atoms with Gasteiger partial charge in [-0.3, -0.25) is 0 Å². The quantitative estimate of drug-likeness (QED) is 0.557. The van der Waals surface area contributed by atoms with Crippen LogP contribution in [0.4, 0.5) is 14.0 Å². The topological polar surface area (TPSA) is 70.7 Å². The Morgan fingerprint density at radius 2 is 1.82 bits per heavy atom. The molecule has 7 heteroatoms. The Morgan fingerprint density at radius 3 is 2.50 bits per heavy atom. The van der Waals surface area contributed by atoms with Crippen molar-refractivity contribution < 1.29 is 18.7 Å². The molecule has 2 atom stereocenters. The summed E-state index contributed by atoms with van der Waals surface area (Å²) < 4.78 is 18.9. The number of amides is 3. The zero-order chi connectivity index (χ0) is 24.7. The molecule has 0 radical (unpaired) electrons. The number of halogens is 1. The number of hydrogen-bond acceptors (Lipinski definition) is 3. The Morgan fingerprint density at radius 1 is 1.12 bits per heavy atom. The fourth-order valence-corrected chi connectivity index (χ4v) is 4.35. The second-order valence-electron chi connectivity index (χ2n) is 9.75. The standard InChI is InChI=1S/C27H36FN3O3/c1-5-8-22(15-17-29-26(33)34-27(2,3)4)30-25(32)31-18-16-19-9-6-7-10-23(19)24(31)20-11-13-21(28)14-12-20/h6-7,9-14,22,24H,5,8,15-18H2,1-4H3,(H,29,33)(H,30,32)/t22-,24-/m0/s1. The summed E-state index contributed by atoms with van der Waals surface area (Å²) in [5.41, 5.74) is 2.59. The van der Waals surface area contributed by atoms with Crippen molar-refractivity contribution in [2.24, 2.45) is 0 Å². The second-order valence-corrected chi connectivity index (χ2v) is 9.75. The minimum atomic E-state index is -0.555. The molecule has 2 N–H and O–H groups in total. The van der Waals surface area contributed by atoms with E-state index in [0.29, 0.717) is 19.5 Å². The molecule has 0 saturated heterocycles. The van der Waals surface area contributed by atoms with Gasteiger partial charge in [-0.05, 0) is 68.9 Å². The molecule has 2 aromatic rings. The Balaban J connectivity index is 1.71. The number of hydrogen-bond donors (Lipinski definition) is 2. The number of fused-ring (bicyclic) bond motifs is 1. The maximum atomic E-state index is 13.6. The highest BCUT2D eigenvalue weighted by molar-refractivity contribution is 5.76. The highest BCUT2D eigenvalue weighted by atomic mass is 19.1. The van der Waals surface area contributed by atoms with Crippen molar-refractivity contribution in [3.05, 3.63) is 71.0 Å². The van der Waals surface area contributed by atoms with Crippen molar-refractivity contribution >= 4 is 12.1 Å². The van der Waals surface area contributed by atoms with E-state index in [0.717, 1.165) is 30.4 Å². The summed E-state index contributed by atoms with van der Waals surface area (Å²) in [6.45, 7) is 8.51. The first kappa shape index (κ1) is 25.5. The average Bonchev–Trinajstić information content (AvgIpc) is 2.78. The molecule has 0 saturated carbocycles. The van der Waals surface area contributed by atoms with E-state index in [2.05, 4.69) is 23.6 Å². The van der Waals surface area contributed by atoms with Gasteiger partial charge < -0.3 is 20.3 Å². The molecule has 0 bridgehead atoms. The number of ether oxygens (including phenoxy) is 1. The molecule has 184 valence electrons. The van der Waals surface area contributed by atoms with Gasteiger partial charge in [0.1, 0.15) is 11.4 Å². The monoisotopic (exact) mass is 469 g/mol. The number of nitrogens with one attached hydrogen (secondary N) is 2. The lowest BCUT2D eigenvalue weighted by Gasteiger charge is -2.38. The number of carbonyl (C=O) groups is 2. The molecule has 6 nitrogen and oxygen atoms in total. The summed E-state index contributed by atoms with van der Waals surface area (Å²) in [5.74, 6) is -0.302. The van der Waals surface area contributed by atoms with Gasteiger partial charge >= 0.3 is 12.1 Å². The van der Waals surface area contributed by atoms with Crippen molar-refractivity contribution in [1.29, 1.82) is 0 Å². The lowest BCUT2D eigenvalue weighted by atomic mass is 9.88. The summed E-state index contributed by atoms with van der Waals surface area (Å²) in [6.07, 6.45) is 2.61. The van der Waals surface area contributed by atoms with Crippen LogP contribution in [0.25, 0.3) is 0 Å². The van der Waals surface area contributed by atoms with Gasteiger partial charge in [0.2, 0.25) is 0 Å². The molecule has 2 aromatic carbocycles. The Hall–Kier alpha value is -3.09. The Labute approximate surface area is 201 Å². The molecule has 1 heterocycles. The maximum absolute atomic E-state index is 13.6. The maximum Gasteiger partial charge on any atom is 0.407 e. The van der Waals surface area contributed by atoms with Crippen LogP contribution in [0.1, 0.15) is 69.7 Å². The van der Waals surface area contributed by atoms with E-state index < -0.39 is 11.7 Å². The zero-order valence-corrected chi connectivity index (χ0v) is 20.6. The average molecular weight is 470 g/mol. The van der Waals surface area contributed by atoms with E-state index in [1.807, 2.05) is 43.9 Å². The van der Waals surface area contributed by atoms with Gasteiger partial charge in [-0.1, -0.05) is 49.7 Å². The van der Waals surface area contributed by atoms with Crippen molar-refractivity contribution in [1.82, 2.24) is 15.5 Å². The van der Waals surface area contributed by atoms with Gasteiger partial charge in [0.15, 0.2) is 0 Å². The second kappa shape index (κ2) is 11.4. The zero-order valence-electron chi connectivity index (χ0n) is 20.6. The number of nitrogens with zero attached hydrogens (tertiary/aromatic N) is 1.